The summed E-state index contributed by atoms with van der Waals surface area (Å²) in [7, 11) is 1.84. The fourth-order valence-electron chi connectivity index (χ4n) is 1.22. The van der Waals surface area contributed by atoms with Crippen LogP contribution in [0.1, 0.15) is 5.56 Å². The van der Waals surface area contributed by atoms with Gasteiger partial charge >= 0.3 is 5.97 Å². The van der Waals surface area contributed by atoms with Gasteiger partial charge in [-0.25, -0.2) is 0 Å². The SMILES string of the molecule is CNCCOc1ccccc1CC(=O)O. The van der Waals surface area contributed by atoms with Crippen LogP contribution in [0.25, 0.3) is 0 Å². The summed E-state index contributed by atoms with van der Waals surface area (Å²) in [5.74, 6) is -0.199. The number of carboxylic acid groups (broad SMARTS) is 1. The van der Waals surface area contributed by atoms with Gasteiger partial charge in [-0.05, 0) is 13.1 Å². The normalized spacial score (nSPS) is 9.93. The van der Waals surface area contributed by atoms with Crippen LogP contribution in [0, 0.1) is 0 Å². The predicted octanol–water partition coefficient (Wildman–Crippen LogP) is 0.912. The molecule has 1 rings (SSSR count). The number of carboxylic acids is 1. The first-order valence-corrected chi connectivity index (χ1v) is 4.81. The lowest BCUT2D eigenvalue weighted by atomic mass is 10.1. The van der Waals surface area contributed by atoms with Crippen molar-refractivity contribution in [2.24, 2.45) is 0 Å². The quantitative estimate of drug-likeness (QED) is 0.684. The molecule has 2 N–H and O–H groups in total. The zero-order valence-corrected chi connectivity index (χ0v) is 8.69. The number of nitrogens with one attached hydrogen (secondary N) is 1. The Morgan fingerprint density at radius 1 is 1.47 bits per heavy atom. The number of aliphatic carboxylic acids is 1. The van der Waals surface area contributed by atoms with Crippen molar-refractivity contribution in [2.45, 2.75) is 6.42 Å². The van der Waals surface area contributed by atoms with Crippen LogP contribution in [-0.2, 0) is 11.2 Å². The first kappa shape index (κ1) is 11.5. The van der Waals surface area contributed by atoms with Crippen molar-refractivity contribution < 1.29 is 14.6 Å². The number of hydrogen-bond acceptors (Lipinski definition) is 3. The molecule has 0 heterocycles. The molecule has 0 unspecified atom stereocenters. The van der Waals surface area contributed by atoms with Crippen LogP contribution >= 0.6 is 0 Å². The highest BCUT2D eigenvalue weighted by Crippen LogP contribution is 2.18. The molecule has 1 aromatic rings. The number of ether oxygens (including phenoxy) is 1. The molecule has 0 saturated carbocycles. The third-order valence-corrected chi connectivity index (χ3v) is 1.92. The minimum atomic E-state index is -0.848. The molecule has 0 aromatic heterocycles. The molecule has 0 radical (unpaired) electrons. The molecule has 0 amide bonds. The number of hydrogen-bond donors (Lipinski definition) is 2. The average Bonchev–Trinajstić information content (AvgIpc) is 2.20. The summed E-state index contributed by atoms with van der Waals surface area (Å²) in [6.07, 6.45) is -0.00424. The molecule has 0 aliphatic rings. The maximum atomic E-state index is 10.6. The van der Waals surface area contributed by atoms with Crippen LogP contribution in [0.3, 0.4) is 0 Å². The Hall–Kier alpha value is -1.55. The van der Waals surface area contributed by atoms with Crippen molar-refractivity contribution >= 4 is 5.97 Å². The zero-order chi connectivity index (χ0) is 11.1. The highest BCUT2D eigenvalue weighted by Gasteiger charge is 2.06. The molecule has 1 aromatic carbocycles. The standard InChI is InChI=1S/C11H15NO3/c1-12-6-7-15-10-5-3-2-4-9(10)8-11(13)14/h2-5,12H,6-8H2,1H3,(H,13,14). The Labute approximate surface area is 88.9 Å². The van der Waals surface area contributed by atoms with E-state index in [0.29, 0.717) is 17.9 Å². The summed E-state index contributed by atoms with van der Waals surface area (Å²) >= 11 is 0. The molecule has 82 valence electrons. The summed E-state index contributed by atoms with van der Waals surface area (Å²) in [5, 5.41) is 11.7. The average molecular weight is 209 g/mol. The van der Waals surface area contributed by atoms with E-state index in [4.69, 9.17) is 9.84 Å². The van der Waals surface area contributed by atoms with Crippen molar-refractivity contribution in [2.75, 3.05) is 20.2 Å². The minimum Gasteiger partial charge on any atom is -0.492 e. The van der Waals surface area contributed by atoms with Crippen molar-refractivity contribution in [1.82, 2.24) is 5.32 Å². The summed E-state index contributed by atoms with van der Waals surface area (Å²) < 4.78 is 5.45. The van der Waals surface area contributed by atoms with Crippen LogP contribution in [-0.4, -0.2) is 31.3 Å². The summed E-state index contributed by atoms with van der Waals surface area (Å²) in [6.45, 7) is 1.27. The van der Waals surface area contributed by atoms with Gasteiger partial charge in [0.05, 0.1) is 6.42 Å². The second-order valence-corrected chi connectivity index (χ2v) is 3.13. The lowest BCUT2D eigenvalue weighted by molar-refractivity contribution is -0.136. The van der Waals surface area contributed by atoms with E-state index in [-0.39, 0.29) is 6.42 Å². The van der Waals surface area contributed by atoms with Gasteiger partial charge in [-0.15, -0.1) is 0 Å². The summed E-state index contributed by atoms with van der Waals surface area (Å²) in [5.41, 5.74) is 0.709. The molecule has 0 fully saturated rings. The number of likely N-dealkylation sites (N-methyl/N-ethyl adjacent to an activating group) is 1. The van der Waals surface area contributed by atoms with E-state index < -0.39 is 5.97 Å². The summed E-state index contributed by atoms with van der Waals surface area (Å²) in [4.78, 5) is 10.6. The fraction of sp³-hybridized carbons (Fsp3) is 0.364. The highest BCUT2D eigenvalue weighted by atomic mass is 16.5. The van der Waals surface area contributed by atoms with Crippen LogP contribution in [0.5, 0.6) is 5.75 Å². The zero-order valence-electron chi connectivity index (χ0n) is 8.69. The molecule has 0 bridgehead atoms. The van der Waals surface area contributed by atoms with Crippen LogP contribution in [0.2, 0.25) is 0 Å². The third-order valence-electron chi connectivity index (χ3n) is 1.92. The summed E-state index contributed by atoms with van der Waals surface area (Å²) in [6, 6.07) is 7.19. The maximum Gasteiger partial charge on any atom is 0.307 e. The lowest BCUT2D eigenvalue weighted by Gasteiger charge is -2.09. The minimum absolute atomic E-state index is 0.00424. The molecule has 0 aliphatic heterocycles. The third kappa shape index (κ3) is 3.99. The molecule has 0 aliphatic carbocycles. The Kier molecular flexibility index (Phi) is 4.63. The van der Waals surface area contributed by atoms with Crippen molar-refractivity contribution in [3.05, 3.63) is 29.8 Å². The molecule has 0 saturated heterocycles. The molecule has 15 heavy (non-hydrogen) atoms. The van der Waals surface area contributed by atoms with Crippen molar-refractivity contribution in [3.63, 3.8) is 0 Å². The molecule has 4 heteroatoms. The van der Waals surface area contributed by atoms with Crippen LogP contribution in [0.4, 0.5) is 0 Å². The Morgan fingerprint density at radius 3 is 2.87 bits per heavy atom. The van der Waals surface area contributed by atoms with E-state index in [0.717, 1.165) is 6.54 Å². The molecule has 0 spiro atoms. The van der Waals surface area contributed by atoms with E-state index >= 15 is 0 Å². The lowest BCUT2D eigenvalue weighted by Crippen LogP contribution is -2.16. The Bertz CT molecular complexity index is 325. The molecular weight excluding hydrogens is 194 g/mol. The molecule has 4 nitrogen and oxygen atoms in total. The maximum absolute atomic E-state index is 10.6. The molecule has 0 atom stereocenters. The number of benzene rings is 1. The molecular formula is C11H15NO3. The van der Waals surface area contributed by atoms with E-state index in [1.807, 2.05) is 19.2 Å². The van der Waals surface area contributed by atoms with Gasteiger partial charge in [-0.2, -0.15) is 0 Å². The van der Waals surface area contributed by atoms with E-state index in [9.17, 15) is 4.79 Å². The monoisotopic (exact) mass is 209 g/mol. The second-order valence-electron chi connectivity index (χ2n) is 3.13. The number of carbonyl (C=O) groups is 1. The van der Waals surface area contributed by atoms with Crippen LogP contribution in [0.15, 0.2) is 24.3 Å². The van der Waals surface area contributed by atoms with Gasteiger partial charge in [0.2, 0.25) is 0 Å². The van der Waals surface area contributed by atoms with Gasteiger partial charge in [0.1, 0.15) is 12.4 Å². The Balaban J connectivity index is 2.64. The van der Waals surface area contributed by atoms with Gasteiger partial charge in [0.25, 0.3) is 0 Å². The van der Waals surface area contributed by atoms with E-state index in [1.54, 1.807) is 12.1 Å². The van der Waals surface area contributed by atoms with E-state index in [1.165, 1.54) is 0 Å². The van der Waals surface area contributed by atoms with Crippen LogP contribution < -0.4 is 10.1 Å². The van der Waals surface area contributed by atoms with Crippen molar-refractivity contribution in [1.29, 1.82) is 0 Å². The van der Waals surface area contributed by atoms with Gasteiger partial charge in [0, 0.05) is 12.1 Å². The first-order chi connectivity index (χ1) is 7.24. The predicted molar refractivity (Wildman–Crippen MR) is 57.2 cm³/mol. The highest BCUT2D eigenvalue weighted by molar-refractivity contribution is 5.71. The first-order valence-electron chi connectivity index (χ1n) is 4.81. The van der Waals surface area contributed by atoms with E-state index in [2.05, 4.69) is 5.32 Å². The number of para-hydroxylation sites is 1. The Morgan fingerprint density at radius 2 is 2.20 bits per heavy atom. The van der Waals surface area contributed by atoms with Gasteiger partial charge < -0.3 is 15.2 Å². The fourth-order valence-corrected chi connectivity index (χ4v) is 1.22. The smallest absolute Gasteiger partial charge is 0.307 e. The topological polar surface area (TPSA) is 58.6 Å². The van der Waals surface area contributed by atoms with Gasteiger partial charge in [-0.1, -0.05) is 18.2 Å². The largest absolute Gasteiger partial charge is 0.492 e. The second kappa shape index (κ2) is 6.03. The van der Waals surface area contributed by atoms with Gasteiger partial charge in [0.15, 0.2) is 0 Å². The number of rotatable bonds is 6. The van der Waals surface area contributed by atoms with Gasteiger partial charge in [-0.3, -0.25) is 4.79 Å². The van der Waals surface area contributed by atoms with Crippen molar-refractivity contribution in [3.8, 4) is 5.75 Å².